The van der Waals surface area contributed by atoms with Gasteiger partial charge < -0.3 is 14.4 Å². The number of nitrogens with one attached hydrogen (secondary N) is 1. The molecule has 11 heteroatoms. The van der Waals surface area contributed by atoms with Gasteiger partial charge in [-0.25, -0.2) is 20.1 Å². The van der Waals surface area contributed by atoms with E-state index < -0.39 is 0 Å². The van der Waals surface area contributed by atoms with Crippen LogP contribution in [0, 0.1) is 0 Å². The van der Waals surface area contributed by atoms with Gasteiger partial charge in [0.25, 0.3) is 0 Å². The van der Waals surface area contributed by atoms with Gasteiger partial charge in [0.2, 0.25) is 5.88 Å². The molecule has 2 aromatic carbocycles. The Morgan fingerprint density at radius 1 is 0.921 bits per heavy atom. The fourth-order valence-corrected chi connectivity index (χ4v) is 4.65. The minimum absolute atomic E-state index is 0.284. The van der Waals surface area contributed by atoms with E-state index in [0.717, 1.165) is 58.0 Å². The molecular formula is C27H23N9O2. The van der Waals surface area contributed by atoms with Crippen LogP contribution in [0.5, 0.6) is 5.88 Å². The Kier molecular flexibility index (Phi) is 5.59. The van der Waals surface area contributed by atoms with Crippen LogP contribution in [0.2, 0.25) is 0 Å². The van der Waals surface area contributed by atoms with Crippen molar-refractivity contribution in [3.63, 3.8) is 0 Å². The average Bonchev–Trinajstić information content (AvgIpc) is 3.67. The van der Waals surface area contributed by atoms with Gasteiger partial charge in [0.1, 0.15) is 6.61 Å². The van der Waals surface area contributed by atoms with Crippen LogP contribution in [-0.4, -0.2) is 66.3 Å². The van der Waals surface area contributed by atoms with E-state index in [4.69, 9.17) is 19.4 Å². The molecule has 0 amide bonds. The van der Waals surface area contributed by atoms with E-state index in [1.807, 2.05) is 73.1 Å². The van der Waals surface area contributed by atoms with E-state index in [1.165, 1.54) is 0 Å². The maximum Gasteiger partial charge on any atom is 0.214 e. The number of imidazole rings is 1. The predicted octanol–water partition coefficient (Wildman–Crippen LogP) is 3.54. The van der Waals surface area contributed by atoms with Crippen LogP contribution in [0.25, 0.3) is 39.2 Å². The lowest BCUT2D eigenvalue weighted by Crippen LogP contribution is -2.37. The lowest BCUT2D eigenvalue weighted by Gasteiger charge is -2.28. The molecule has 0 atom stereocenters. The van der Waals surface area contributed by atoms with Crippen molar-refractivity contribution in [1.29, 1.82) is 0 Å². The molecule has 0 bridgehead atoms. The molecule has 38 heavy (non-hydrogen) atoms. The molecule has 188 valence electrons. The molecule has 0 unspecified atom stereocenters. The molecule has 0 spiro atoms. The minimum atomic E-state index is 0.284. The van der Waals surface area contributed by atoms with Crippen LogP contribution in [0.4, 0.5) is 5.82 Å². The summed E-state index contributed by atoms with van der Waals surface area (Å²) in [5.41, 5.74) is 5.27. The number of benzene rings is 2. The number of hydrogen-bond donors (Lipinski definition) is 1. The maximum absolute atomic E-state index is 6.05. The summed E-state index contributed by atoms with van der Waals surface area (Å²) < 4.78 is 13.7. The Labute approximate surface area is 217 Å². The second kappa shape index (κ2) is 9.52. The van der Waals surface area contributed by atoms with Crippen LogP contribution in [0.15, 0.2) is 73.1 Å². The SMILES string of the molecule is c1ccc2nc(OCc3cn4c(-c5ccc(-c6nnn[nH]6)cc5)cnc(N5CCOCC5)c4n3)ccc2c1. The number of para-hydroxylation sites is 1. The van der Waals surface area contributed by atoms with Gasteiger partial charge in [-0.05, 0) is 22.6 Å². The number of morpholine rings is 1. The summed E-state index contributed by atoms with van der Waals surface area (Å²) in [4.78, 5) is 16.6. The Balaban J connectivity index is 1.24. The van der Waals surface area contributed by atoms with E-state index in [2.05, 4.69) is 34.9 Å². The number of nitrogens with zero attached hydrogens (tertiary/aromatic N) is 8. The summed E-state index contributed by atoms with van der Waals surface area (Å²) >= 11 is 0. The van der Waals surface area contributed by atoms with Gasteiger partial charge in [-0.2, -0.15) is 0 Å². The lowest BCUT2D eigenvalue weighted by atomic mass is 10.1. The van der Waals surface area contributed by atoms with E-state index >= 15 is 0 Å². The number of ether oxygens (including phenoxy) is 2. The van der Waals surface area contributed by atoms with E-state index in [0.29, 0.717) is 24.9 Å². The summed E-state index contributed by atoms with van der Waals surface area (Å²) in [5.74, 6) is 2.01. The van der Waals surface area contributed by atoms with E-state index in [1.54, 1.807) is 0 Å². The van der Waals surface area contributed by atoms with Crippen molar-refractivity contribution in [3.8, 4) is 28.5 Å². The number of rotatable bonds is 6. The van der Waals surface area contributed by atoms with Crippen molar-refractivity contribution in [2.75, 3.05) is 31.2 Å². The number of H-pyrrole nitrogens is 1. The topological polar surface area (TPSA) is 119 Å². The smallest absolute Gasteiger partial charge is 0.214 e. The highest BCUT2D eigenvalue weighted by Gasteiger charge is 2.20. The number of tetrazole rings is 1. The van der Waals surface area contributed by atoms with Gasteiger partial charge in [-0.3, -0.25) is 4.40 Å². The molecule has 0 saturated carbocycles. The molecule has 1 N–H and O–H groups in total. The first-order chi connectivity index (χ1) is 18.8. The molecule has 0 aliphatic carbocycles. The molecule has 5 heterocycles. The first kappa shape index (κ1) is 22.3. The van der Waals surface area contributed by atoms with E-state index in [-0.39, 0.29) is 6.61 Å². The standard InChI is InChI=1S/C27H23N9O2/c1-2-4-22-18(3-1)9-10-24(30-22)38-17-21-16-36-23(19-5-7-20(8-6-19)25-31-33-34-32-25)15-28-26(27(36)29-21)35-11-13-37-14-12-35/h1-10,15-16H,11-14,17H2,(H,31,32,33,34). The number of hydrogen-bond acceptors (Lipinski definition) is 9. The zero-order valence-electron chi connectivity index (χ0n) is 20.4. The van der Waals surface area contributed by atoms with Crippen LogP contribution in [0.1, 0.15) is 5.69 Å². The third-order valence-corrected chi connectivity index (χ3v) is 6.58. The van der Waals surface area contributed by atoms with Gasteiger partial charge in [-0.1, -0.05) is 42.5 Å². The highest BCUT2D eigenvalue weighted by molar-refractivity contribution is 5.78. The van der Waals surface area contributed by atoms with Crippen LogP contribution < -0.4 is 9.64 Å². The summed E-state index contributed by atoms with van der Waals surface area (Å²) in [5, 5.41) is 15.2. The third kappa shape index (κ3) is 4.18. The minimum Gasteiger partial charge on any atom is -0.471 e. The van der Waals surface area contributed by atoms with Crippen molar-refractivity contribution >= 4 is 22.4 Å². The first-order valence-electron chi connectivity index (χ1n) is 12.3. The second-order valence-electron chi connectivity index (χ2n) is 8.95. The molecule has 7 rings (SSSR count). The summed E-state index contributed by atoms with van der Waals surface area (Å²) in [6, 6.07) is 19.9. The number of pyridine rings is 1. The van der Waals surface area contributed by atoms with E-state index in [9.17, 15) is 0 Å². The van der Waals surface area contributed by atoms with Crippen molar-refractivity contribution in [2.24, 2.45) is 0 Å². The van der Waals surface area contributed by atoms with Crippen molar-refractivity contribution in [3.05, 3.63) is 78.8 Å². The van der Waals surface area contributed by atoms with Gasteiger partial charge in [-0.15, -0.1) is 5.10 Å². The Hall–Kier alpha value is -4.90. The van der Waals surface area contributed by atoms with Crippen LogP contribution >= 0.6 is 0 Å². The van der Waals surface area contributed by atoms with Crippen LogP contribution in [0.3, 0.4) is 0 Å². The summed E-state index contributed by atoms with van der Waals surface area (Å²) in [7, 11) is 0. The number of fused-ring (bicyclic) bond motifs is 2. The quantitative estimate of drug-likeness (QED) is 0.362. The molecule has 0 radical (unpaired) electrons. The van der Waals surface area contributed by atoms with Gasteiger partial charge in [0.05, 0.1) is 36.3 Å². The predicted molar refractivity (Wildman–Crippen MR) is 141 cm³/mol. The fourth-order valence-electron chi connectivity index (χ4n) is 4.65. The molecule has 1 aliphatic heterocycles. The van der Waals surface area contributed by atoms with Gasteiger partial charge in [0.15, 0.2) is 17.3 Å². The Morgan fingerprint density at radius 3 is 2.61 bits per heavy atom. The van der Waals surface area contributed by atoms with Crippen molar-refractivity contribution < 1.29 is 9.47 Å². The molecule has 1 aliphatic rings. The molecule has 1 saturated heterocycles. The van der Waals surface area contributed by atoms with Gasteiger partial charge >= 0.3 is 0 Å². The number of aromatic amines is 1. The Bertz CT molecular complexity index is 1710. The molecule has 4 aromatic heterocycles. The molecule has 1 fully saturated rings. The third-order valence-electron chi connectivity index (χ3n) is 6.58. The zero-order chi connectivity index (χ0) is 25.3. The van der Waals surface area contributed by atoms with Gasteiger partial charge in [0, 0.05) is 41.9 Å². The van der Waals surface area contributed by atoms with Crippen LogP contribution in [-0.2, 0) is 11.3 Å². The highest BCUT2D eigenvalue weighted by atomic mass is 16.5. The first-order valence-corrected chi connectivity index (χ1v) is 12.3. The van der Waals surface area contributed by atoms with Crippen molar-refractivity contribution in [1.82, 2.24) is 40.0 Å². The number of anilines is 1. The molecule has 11 nitrogen and oxygen atoms in total. The second-order valence-corrected chi connectivity index (χ2v) is 8.95. The largest absolute Gasteiger partial charge is 0.471 e. The fraction of sp³-hybridized carbons (Fsp3) is 0.185. The van der Waals surface area contributed by atoms with Crippen molar-refractivity contribution in [2.45, 2.75) is 6.61 Å². The summed E-state index contributed by atoms with van der Waals surface area (Å²) in [6.45, 7) is 3.14. The zero-order valence-corrected chi connectivity index (χ0v) is 20.4. The number of aromatic nitrogens is 8. The Morgan fingerprint density at radius 2 is 1.76 bits per heavy atom. The normalized spacial score (nSPS) is 13.8. The lowest BCUT2D eigenvalue weighted by molar-refractivity contribution is 0.122. The average molecular weight is 506 g/mol. The molecule has 6 aromatic rings. The summed E-state index contributed by atoms with van der Waals surface area (Å²) in [6.07, 6.45) is 3.89. The molecular weight excluding hydrogens is 482 g/mol. The monoisotopic (exact) mass is 505 g/mol. The highest BCUT2D eigenvalue weighted by Crippen LogP contribution is 2.28. The maximum atomic E-state index is 6.05.